The number of likely N-dealkylation sites (N-methyl/N-ethyl adjacent to an activating group) is 1. The molecular weight excluding hydrogens is 272 g/mol. The van der Waals surface area contributed by atoms with Crippen LogP contribution in [0.15, 0.2) is 15.6 Å². The molecule has 0 saturated carbocycles. The molecule has 0 radical (unpaired) electrons. The standard InChI is InChI=1S/C10H15BrN4O/c1-13-3-5-15(6-4-13)9-10(16)14(2)7-8(11)12-9/h7H,3-6H2,1-2H3. The van der Waals surface area contributed by atoms with Gasteiger partial charge in [-0.05, 0) is 23.0 Å². The van der Waals surface area contributed by atoms with Crippen molar-refractivity contribution < 1.29 is 0 Å². The Morgan fingerprint density at radius 2 is 1.88 bits per heavy atom. The Morgan fingerprint density at radius 3 is 2.50 bits per heavy atom. The van der Waals surface area contributed by atoms with Gasteiger partial charge in [-0.25, -0.2) is 4.98 Å². The zero-order chi connectivity index (χ0) is 11.7. The van der Waals surface area contributed by atoms with Crippen molar-refractivity contribution in [2.24, 2.45) is 7.05 Å². The van der Waals surface area contributed by atoms with Gasteiger partial charge in [-0.2, -0.15) is 0 Å². The van der Waals surface area contributed by atoms with Crippen LogP contribution in [0.25, 0.3) is 0 Å². The molecule has 1 fully saturated rings. The summed E-state index contributed by atoms with van der Waals surface area (Å²) in [6.45, 7) is 3.65. The minimum atomic E-state index is -0.0345. The van der Waals surface area contributed by atoms with E-state index in [0.717, 1.165) is 26.2 Å². The Hall–Kier alpha value is -0.880. The van der Waals surface area contributed by atoms with Crippen LogP contribution in [-0.2, 0) is 7.05 Å². The van der Waals surface area contributed by atoms with Crippen molar-refractivity contribution in [1.82, 2.24) is 14.5 Å². The van der Waals surface area contributed by atoms with Gasteiger partial charge in [0.25, 0.3) is 5.56 Å². The maximum atomic E-state index is 11.9. The number of halogens is 1. The third-order valence-corrected chi connectivity index (χ3v) is 3.21. The molecule has 0 N–H and O–H groups in total. The second-order valence-corrected chi connectivity index (χ2v) is 4.91. The predicted octanol–water partition coefficient (Wildman–Crippen LogP) is 0.295. The molecule has 0 aliphatic carbocycles. The molecule has 1 saturated heterocycles. The quantitative estimate of drug-likeness (QED) is 0.745. The van der Waals surface area contributed by atoms with Crippen LogP contribution < -0.4 is 10.5 Å². The van der Waals surface area contributed by atoms with Gasteiger partial charge in [-0.15, -0.1) is 0 Å². The molecule has 2 heterocycles. The number of rotatable bonds is 1. The summed E-state index contributed by atoms with van der Waals surface area (Å²) < 4.78 is 2.26. The van der Waals surface area contributed by atoms with E-state index in [1.165, 1.54) is 0 Å². The third-order valence-electron chi connectivity index (χ3n) is 2.83. The van der Waals surface area contributed by atoms with Crippen LogP contribution in [0.3, 0.4) is 0 Å². The maximum absolute atomic E-state index is 11.9. The van der Waals surface area contributed by atoms with Crippen LogP contribution in [0.4, 0.5) is 5.82 Å². The van der Waals surface area contributed by atoms with Gasteiger partial charge >= 0.3 is 0 Å². The molecule has 0 atom stereocenters. The molecule has 0 unspecified atom stereocenters. The number of aromatic nitrogens is 2. The fourth-order valence-corrected chi connectivity index (χ4v) is 2.25. The Balaban J connectivity index is 2.30. The Morgan fingerprint density at radius 1 is 1.25 bits per heavy atom. The van der Waals surface area contributed by atoms with E-state index in [1.54, 1.807) is 17.8 Å². The number of nitrogens with zero attached hydrogens (tertiary/aromatic N) is 4. The van der Waals surface area contributed by atoms with E-state index < -0.39 is 0 Å². The van der Waals surface area contributed by atoms with Crippen molar-refractivity contribution in [1.29, 1.82) is 0 Å². The van der Waals surface area contributed by atoms with Crippen molar-refractivity contribution in [2.75, 3.05) is 38.1 Å². The van der Waals surface area contributed by atoms with E-state index in [-0.39, 0.29) is 5.56 Å². The largest absolute Gasteiger partial charge is 0.349 e. The number of anilines is 1. The van der Waals surface area contributed by atoms with Crippen LogP contribution in [0.1, 0.15) is 0 Å². The van der Waals surface area contributed by atoms with Crippen molar-refractivity contribution in [3.05, 3.63) is 21.2 Å². The van der Waals surface area contributed by atoms with Crippen molar-refractivity contribution in [2.45, 2.75) is 0 Å². The molecule has 1 aliphatic heterocycles. The fraction of sp³-hybridized carbons (Fsp3) is 0.600. The molecule has 1 aromatic rings. The first-order chi connectivity index (χ1) is 7.58. The maximum Gasteiger partial charge on any atom is 0.293 e. The average Bonchev–Trinajstić information content (AvgIpc) is 2.25. The van der Waals surface area contributed by atoms with Crippen LogP contribution >= 0.6 is 15.9 Å². The second-order valence-electron chi connectivity index (χ2n) is 4.09. The summed E-state index contributed by atoms with van der Waals surface area (Å²) in [6.07, 6.45) is 1.68. The zero-order valence-electron chi connectivity index (χ0n) is 9.48. The summed E-state index contributed by atoms with van der Waals surface area (Å²) in [7, 11) is 3.83. The lowest BCUT2D eigenvalue weighted by Crippen LogP contribution is -2.47. The lowest BCUT2D eigenvalue weighted by atomic mass is 10.3. The van der Waals surface area contributed by atoms with E-state index in [2.05, 4.69) is 32.9 Å². The molecule has 2 rings (SSSR count). The summed E-state index contributed by atoms with van der Waals surface area (Å²) in [5, 5.41) is 0. The normalized spacial score (nSPS) is 17.8. The topological polar surface area (TPSA) is 41.4 Å². The monoisotopic (exact) mass is 286 g/mol. The van der Waals surface area contributed by atoms with Gasteiger partial charge in [0.2, 0.25) is 0 Å². The van der Waals surface area contributed by atoms with Gasteiger partial charge in [-0.3, -0.25) is 4.79 Å². The molecular formula is C10H15BrN4O. The molecule has 0 aromatic carbocycles. The van der Waals surface area contributed by atoms with Gasteiger partial charge in [0.05, 0.1) is 0 Å². The highest BCUT2D eigenvalue weighted by Gasteiger charge is 2.18. The van der Waals surface area contributed by atoms with Crippen LogP contribution in [0, 0.1) is 0 Å². The van der Waals surface area contributed by atoms with Gasteiger partial charge in [-0.1, -0.05) is 0 Å². The fourth-order valence-electron chi connectivity index (χ4n) is 1.78. The van der Waals surface area contributed by atoms with E-state index >= 15 is 0 Å². The number of hydrogen-bond donors (Lipinski definition) is 0. The van der Waals surface area contributed by atoms with Gasteiger partial charge < -0.3 is 14.4 Å². The first-order valence-electron chi connectivity index (χ1n) is 5.24. The zero-order valence-corrected chi connectivity index (χ0v) is 11.1. The lowest BCUT2D eigenvalue weighted by molar-refractivity contribution is 0.311. The molecule has 6 heteroatoms. The number of aryl methyl sites for hydroxylation is 1. The molecule has 5 nitrogen and oxygen atoms in total. The molecule has 1 aromatic heterocycles. The Bertz CT molecular complexity index is 437. The minimum absolute atomic E-state index is 0.0345. The lowest BCUT2D eigenvalue weighted by Gasteiger charge is -2.32. The Kier molecular flexibility index (Phi) is 3.30. The van der Waals surface area contributed by atoms with Crippen LogP contribution in [0.5, 0.6) is 0 Å². The average molecular weight is 287 g/mol. The number of piperazine rings is 1. The Labute approximate surface area is 103 Å². The third kappa shape index (κ3) is 2.27. The van der Waals surface area contributed by atoms with Crippen molar-refractivity contribution in [3.8, 4) is 0 Å². The molecule has 0 amide bonds. The van der Waals surface area contributed by atoms with Crippen molar-refractivity contribution in [3.63, 3.8) is 0 Å². The minimum Gasteiger partial charge on any atom is -0.349 e. The summed E-state index contributed by atoms with van der Waals surface area (Å²) in [6, 6.07) is 0. The van der Waals surface area contributed by atoms with E-state index in [1.807, 2.05) is 4.90 Å². The van der Waals surface area contributed by atoms with E-state index in [0.29, 0.717) is 10.4 Å². The van der Waals surface area contributed by atoms with E-state index in [4.69, 9.17) is 0 Å². The first kappa shape index (κ1) is 11.6. The van der Waals surface area contributed by atoms with Crippen LogP contribution in [0.2, 0.25) is 0 Å². The summed E-state index contributed by atoms with van der Waals surface area (Å²) in [4.78, 5) is 20.5. The van der Waals surface area contributed by atoms with E-state index in [9.17, 15) is 4.79 Å². The summed E-state index contributed by atoms with van der Waals surface area (Å²) in [5.74, 6) is 0.546. The van der Waals surface area contributed by atoms with Gasteiger partial charge in [0, 0.05) is 39.4 Å². The SMILES string of the molecule is CN1CCN(c2nc(Br)cn(C)c2=O)CC1. The van der Waals surface area contributed by atoms with Gasteiger partial charge in [0.1, 0.15) is 4.60 Å². The summed E-state index contributed by atoms with van der Waals surface area (Å²) >= 11 is 3.32. The summed E-state index contributed by atoms with van der Waals surface area (Å²) in [5.41, 5.74) is -0.0345. The number of hydrogen-bond acceptors (Lipinski definition) is 4. The van der Waals surface area contributed by atoms with Gasteiger partial charge in [0.15, 0.2) is 5.82 Å². The molecule has 0 spiro atoms. The predicted molar refractivity (Wildman–Crippen MR) is 66.9 cm³/mol. The van der Waals surface area contributed by atoms with Crippen LogP contribution in [-0.4, -0.2) is 47.7 Å². The highest BCUT2D eigenvalue weighted by atomic mass is 79.9. The molecule has 88 valence electrons. The molecule has 1 aliphatic rings. The highest BCUT2D eigenvalue weighted by Crippen LogP contribution is 2.11. The van der Waals surface area contributed by atoms with Crippen molar-refractivity contribution >= 4 is 21.7 Å². The molecule has 16 heavy (non-hydrogen) atoms. The molecule has 0 bridgehead atoms. The second kappa shape index (κ2) is 4.55. The smallest absolute Gasteiger partial charge is 0.293 e. The first-order valence-corrected chi connectivity index (χ1v) is 6.04. The highest BCUT2D eigenvalue weighted by molar-refractivity contribution is 9.10.